The van der Waals surface area contributed by atoms with Crippen molar-refractivity contribution < 1.29 is 22.7 Å². The summed E-state index contributed by atoms with van der Waals surface area (Å²) in [5.74, 6) is -1.23. The highest BCUT2D eigenvalue weighted by molar-refractivity contribution is 5.98. The van der Waals surface area contributed by atoms with Crippen LogP contribution in [0.15, 0.2) is 30.5 Å². The summed E-state index contributed by atoms with van der Waals surface area (Å²) < 4.78 is 43.7. The second-order valence-electron chi connectivity index (χ2n) is 5.26. The van der Waals surface area contributed by atoms with Crippen molar-refractivity contribution in [1.29, 1.82) is 0 Å². The van der Waals surface area contributed by atoms with Crippen LogP contribution in [0.25, 0.3) is 0 Å². The molecule has 2 aromatic rings. The number of hydrogen-bond donors (Lipinski definition) is 1. The molecule has 126 valence electrons. The van der Waals surface area contributed by atoms with Gasteiger partial charge in [0.1, 0.15) is 5.75 Å². The molecule has 0 fully saturated rings. The first-order chi connectivity index (χ1) is 11.3. The standard InChI is InChI=1S/C15H13F3N4O2/c1-8(10-4-5-20-14(21-10)15(16,17)18)22-11-3-2-9(19)6-12(11)24-7-13(22)23/h2-6,8H,7,19H2,1H3. The molecule has 2 N–H and O–H groups in total. The first-order valence-corrected chi connectivity index (χ1v) is 7.02. The number of nitrogen functional groups attached to an aromatic ring is 1. The Morgan fingerprint density at radius 2 is 2.08 bits per heavy atom. The third-order valence-corrected chi connectivity index (χ3v) is 3.61. The average Bonchev–Trinajstić information content (AvgIpc) is 2.54. The number of carbonyl (C=O) groups excluding carboxylic acids is 1. The highest BCUT2D eigenvalue weighted by Crippen LogP contribution is 2.38. The molecule has 3 rings (SSSR count). The minimum absolute atomic E-state index is 0.0790. The van der Waals surface area contributed by atoms with Crippen molar-refractivity contribution in [3.63, 3.8) is 0 Å². The fraction of sp³-hybridized carbons (Fsp3) is 0.267. The number of carbonyl (C=O) groups is 1. The average molecular weight is 338 g/mol. The van der Waals surface area contributed by atoms with Crippen LogP contribution < -0.4 is 15.4 Å². The van der Waals surface area contributed by atoms with Crippen molar-refractivity contribution >= 4 is 17.3 Å². The number of ether oxygens (including phenoxy) is 1. The van der Waals surface area contributed by atoms with Crippen molar-refractivity contribution in [2.45, 2.75) is 19.1 Å². The minimum atomic E-state index is -4.66. The number of fused-ring (bicyclic) bond motifs is 1. The van der Waals surface area contributed by atoms with Gasteiger partial charge in [-0.1, -0.05) is 0 Å². The molecular weight excluding hydrogens is 325 g/mol. The topological polar surface area (TPSA) is 81.3 Å². The van der Waals surface area contributed by atoms with Crippen LogP contribution in [0.4, 0.5) is 24.5 Å². The fourth-order valence-electron chi connectivity index (χ4n) is 2.49. The first-order valence-electron chi connectivity index (χ1n) is 7.02. The van der Waals surface area contributed by atoms with Crippen molar-refractivity contribution in [2.75, 3.05) is 17.2 Å². The van der Waals surface area contributed by atoms with Gasteiger partial charge in [-0.25, -0.2) is 9.97 Å². The fourth-order valence-corrected chi connectivity index (χ4v) is 2.49. The van der Waals surface area contributed by atoms with E-state index in [-0.39, 0.29) is 18.2 Å². The van der Waals surface area contributed by atoms with Gasteiger partial charge >= 0.3 is 6.18 Å². The molecule has 0 radical (unpaired) electrons. The quantitative estimate of drug-likeness (QED) is 0.851. The number of amides is 1. The zero-order valence-corrected chi connectivity index (χ0v) is 12.5. The number of nitrogens with two attached hydrogens (primary N) is 1. The van der Waals surface area contributed by atoms with Gasteiger partial charge in [-0.15, -0.1) is 0 Å². The van der Waals surface area contributed by atoms with E-state index in [2.05, 4.69) is 9.97 Å². The molecule has 1 aromatic carbocycles. The number of alkyl halides is 3. The Bertz CT molecular complexity index is 795. The van der Waals surface area contributed by atoms with E-state index in [1.165, 1.54) is 11.0 Å². The van der Waals surface area contributed by atoms with Crippen molar-refractivity contribution in [1.82, 2.24) is 9.97 Å². The third kappa shape index (κ3) is 2.84. The Balaban J connectivity index is 2.01. The maximum atomic E-state index is 12.8. The number of hydrogen-bond acceptors (Lipinski definition) is 5. The number of nitrogens with zero attached hydrogens (tertiary/aromatic N) is 3. The monoisotopic (exact) mass is 338 g/mol. The maximum Gasteiger partial charge on any atom is 0.451 e. The van der Waals surface area contributed by atoms with E-state index in [1.54, 1.807) is 25.1 Å². The van der Waals surface area contributed by atoms with E-state index in [1.807, 2.05) is 0 Å². The van der Waals surface area contributed by atoms with Gasteiger partial charge in [0.15, 0.2) is 6.61 Å². The van der Waals surface area contributed by atoms with Crippen LogP contribution in [0, 0.1) is 0 Å². The molecule has 1 aliphatic rings. The van der Waals surface area contributed by atoms with Crippen LogP contribution in [0.1, 0.15) is 24.5 Å². The molecule has 1 unspecified atom stereocenters. The summed E-state index contributed by atoms with van der Waals surface area (Å²) in [6.45, 7) is 1.36. The van der Waals surface area contributed by atoms with Gasteiger partial charge in [-0.3, -0.25) is 9.69 Å². The molecule has 0 saturated carbocycles. The Morgan fingerprint density at radius 1 is 1.33 bits per heavy atom. The molecule has 24 heavy (non-hydrogen) atoms. The van der Waals surface area contributed by atoms with E-state index in [0.29, 0.717) is 17.1 Å². The molecule has 9 heteroatoms. The number of benzene rings is 1. The van der Waals surface area contributed by atoms with Crippen molar-refractivity contribution in [3.8, 4) is 5.75 Å². The molecule has 1 aromatic heterocycles. The highest BCUT2D eigenvalue weighted by atomic mass is 19.4. The van der Waals surface area contributed by atoms with Gasteiger partial charge < -0.3 is 10.5 Å². The zero-order valence-electron chi connectivity index (χ0n) is 12.5. The van der Waals surface area contributed by atoms with E-state index in [4.69, 9.17) is 10.5 Å². The van der Waals surface area contributed by atoms with E-state index in [9.17, 15) is 18.0 Å². The lowest BCUT2D eigenvalue weighted by Gasteiger charge is -2.34. The number of aromatic nitrogens is 2. The smallest absolute Gasteiger partial charge is 0.451 e. The lowest BCUT2D eigenvalue weighted by Crippen LogP contribution is -2.41. The summed E-state index contributed by atoms with van der Waals surface area (Å²) in [5, 5.41) is 0. The predicted octanol–water partition coefficient (Wildman–Crippen LogP) is 2.56. The Hall–Kier alpha value is -2.84. The molecule has 0 bridgehead atoms. The molecule has 2 heterocycles. The molecule has 0 aliphatic carbocycles. The van der Waals surface area contributed by atoms with Gasteiger partial charge in [-0.2, -0.15) is 13.2 Å². The largest absolute Gasteiger partial charge is 0.481 e. The second kappa shape index (κ2) is 5.66. The van der Waals surface area contributed by atoms with Crippen LogP contribution in [0.3, 0.4) is 0 Å². The summed E-state index contributed by atoms with van der Waals surface area (Å²) in [6, 6.07) is 5.35. The summed E-state index contributed by atoms with van der Waals surface area (Å²) >= 11 is 0. The normalized spacial score (nSPS) is 15.7. The molecule has 1 atom stereocenters. The lowest BCUT2D eigenvalue weighted by atomic mass is 10.1. The van der Waals surface area contributed by atoms with Crippen LogP contribution in [0.5, 0.6) is 5.75 Å². The SMILES string of the molecule is CC(c1ccnc(C(F)(F)F)n1)N1C(=O)COc2cc(N)ccc21. The summed E-state index contributed by atoms with van der Waals surface area (Å²) in [7, 11) is 0. The van der Waals surface area contributed by atoms with Gasteiger partial charge in [0, 0.05) is 18.0 Å². The molecule has 0 saturated heterocycles. The molecule has 0 spiro atoms. The number of halogens is 3. The Morgan fingerprint density at radius 3 is 2.79 bits per heavy atom. The van der Waals surface area contributed by atoms with Gasteiger partial charge in [-0.05, 0) is 25.1 Å². The van der Waals surface area contributed by atoms with E-state index < -0.39 is 18.0 Å². The number of anilines is 2. The van der Waals surface area contributed by atoms with Crippen LogP contribution >= 0.6 is 0 Å². The number of rotatable bonds is 2. The highest BCUT2D eigenvalue weighted by Gasteiger charge is 2.36. The predicted molar refractivity (Wildman–Crippen MR) is 79.3 cm³/mol. The van der Waals surface area contributed by atoms with Crippen LogP contribution in [0.2, 0.25) is 0 Å². The summed E-state index contributed by atoms with van der Waals surface area (Å²) in [5.41, 5.74) is 6.65. The summed E-state index contributed by atoms with van der Waals surface area (Å²) in [6.07, 6.45) is -3.63. The summed E-state index contributed by atoms with van der Waals surface area (Å²) in [4.78, 5) is 20.4. The van der Waals surface area contributed by atoms with Crippen molar-refractivity contribution in [2.24, 2.45) is 0 Å². The molecule has 1 aliphatic heterocycles. The first kappa shape index (κ1) is 16.0. The zero-order chi connectivity index (χ0) is 17.5. The lowest BCUT2D eigenvalue weighted by molar-refractivity contribution is -0.145. The van der Waals surface area contributed by atoms with Crippen LogP contribution in [-0.4, -0.2) is 22.5 Å². The molecule has 6 nitrogen and oxygen atoms in total. The maximum absolute atomic E-state index is 12.8. The van der Waals surface area contributed by atoms with Crippen LogP contribution in [-0.2, 0) is 11.0 Å². The Labute approximate surface area is 135 Å². The molecule has 1 amide bonds. The van der Waals surface area contributed by atoms with Gasteiger partial charge in [0.2, 0.25) is 5.82 Å². The third-order valence-electron chi connectivity index (χ3n) is 3.61. The van der Waals surface area contributed by atoms with Gasteiger partial charge in [0.05, 0.1) is 17.4 Å². The van der Waals surface area contributed by atoms with Crippen molar-refractivity contribution in [3.05, 3.63) is 42.0 Å². The Kier molecular flexibility index (Phi) is 3.78. The molecular formula is C15H13F3N4O2. The van der Waals surface area contributed by atoms with E-state index >= 15 is 0 Å². The van der Waals surface area contributed by atoms with Gasteiger partial charge in [0.25, 0.3) is 5.91 Å². The second-order valence-corrected chi connectivity index (χ2v) is 5.26. The minimum Gasteiger partial charge on any atom is -0.481 e. The van der Waals surface area contributed by atoms with E-state index in [0.717, 1.165) is 6.20 Å².